The second-order valence-corrected chi connectivity index (χ2v) is 4.94. The van der Waals surface area contributed by atoms with Crippen LogP contribution >= 0.6 is 15.9 Å². The molecular weight excluding hydrogens is 271 g/mol. The molecule has 2 N–H and O–H groups in total. The number of alkyl halides is 2. The number of halogens is 4. The zero-order valence-electron chi connectivity index (χ0n) is 7.74. The van der Waals surface area contributed by atoms with Gasteiger partial charge in [0.2, 0.25) is 0 Å². The largest absolute Gasteiger partial charge is 0.321 e. The van der Waals surface area contributed by atoms with Gasteiger partial charge in [0.15, 0.2) is 0 Å². The highest BCUT2D eigenvalue weighted by Gasteiger charge is 2.55. The molecule has 1 nitrogen and oxygen atoms in total. The Balaban J connectivity index is 2.31. The first kappa shape index (κ1) is 11.0. The third-order valence-electron chi connectivity index (χ3n) is 2.59. The minimum absolute atomic E-state index is 0.417. The van der Waals surface area contributed by atoms with Crippen LogP contribution in [0, 0.1) is 5.82 Å². The molecule has 0 aromatic heterocycles. The molecule has 1 saturated carbocycles. The molecule has 1 aromatic rings. The van der Waals surface area contributed by atoms with Gasteiger partial charge in [-0.15, -0.1) is 0 Å². The lowest BCUT2D eigenvalue weighted by Crippen LogP contribution is -2.55. The Kier molecular flexibility index (Phi) is 2.35. The second kappa shape index (κ2) is 3.22. The van der Waals surface area contributed by atoms with Crippen LogP contribution in [0.15, 0.2) is 22.7 Å². The van der Waals surface area contributed by atoms with Crippen molar-refractivity contribution in [2.75, 3.05) is 0 Å². The number of benzene rings is 1. The zero-order chi connectivity index (χ0) is 11.3. The van der Waals surface area contributed by atoms with Crippen LogP contribution in [0.3, 0.4) is 0 Å². The van der Waals surface area contributed by atoms with E-state index in [0.717, 1.165) is 0 Å². The highest BCUT2D eigenvalue weighted by atomic mass is 79.9. The molecule has 2 rings (SSSR count). The Hall–Kier alpha value is -0.550. The first-order valence-electron chi connectivity index (χ1n) is 4.44. The van der Waals surface area contributed by atoms with Crippen molar-refractivity contribution in [2.45, 2.75) is 24.3 Å². The standard InChI is InChI=1S/C10H9BrF3N/c11-7-1-6(2-8(12)3-7)9(15)4-10(13,14)5-9/h1-3H,4-5,15H2. The van der Waals surface area contributed by atoms with Crippen molar-refractivity contribution >= 4 is 15.9 Å². The van der Waals surface area contributed by atoms with E-state index in [0.29, 0.717) is 10.0 Å². The van der Waals surface area contributed by atoms with Gasteiger partial charge in [-0.25, -0.2) is 13.2 Å². The highest BCUT2D eigenvalue weighted by molar-refractivity contribution is 9.10. The lowest BCUT2D eigenvalue weighted by molar-refractivity contribution is -0.125. The summed E-state index contributed by atoms with van der Waals surface area (Å²) < 4.78 is 39.0. The minimum atomic E-state index is -2.71. The number of hydrogen-bond acceptors (Lipinski definition) is 1. The summed E-state index contributed by atoms with van der Waals surface area (Å²) in [5.74, 6) is -3.19. The van der Waals surface area contributed by atoms with E-state index in [1.807, 2.05) is 0 Å². The van der Waals surface area contributed by atoms with Gasteiger partial charge in [-0.2, -0.15) is 0 Å². The highest BCUT2D eigenvalue weighted by Crippen LogP contribution is 2.50. The van der Waals surface area contributed by atoms with Crippen molar-refractivity contribution in [3.05, 3.63) is 34.1 Å². The summed E-state index contributed by atoms with van der Waals surface area (Å²) in [5.41, 5.74) is 5.10. The molecule has 0 radical (unpaired) electrons. The van der Waals surface area contributed by atoms with Crippen molar-refractivity contribution in [2.24, 2.45) is 5.73 Å². The summed E-state index contributed by atoms with van der Waals surface area (Å²) in [4.78, 5) is 0. The SMILES string of the molecule is NC1(c2cc(F)cc(Br)c2)CC(F)(F)C1. The summed E-state index contributed by atoms with van der Waals surface area (Å²) in [6, 6.07) is 4.06. The van der Waals surface area contributed by atoms with E-state index in [2.05, 4.69) is 15.9 Å². The normalized spacial score (nSPS) is 22.2. The summed E-state index contributed by atoms with van der Waals surface area (Å²) in [6.45, 7) is 0. The summed E-state index contributed by atoms with van der Waals surface area (Å²) in [6.07, 6.45) is -0.841. The molecule has 1 aliphatic carbocycles. The Bertz CT molecular complexity index is 377. The Labute approximate surface area is 93.6 Å². The van der Waals surface area contributed by atoms with Gasteiger partial charge in [0.05, 0.1) is 5.54 Å². The molecule has 82 valence electrons. The van der Waals surface area contributed by atoms with E-state index in [1.165, 1.54) is 12.1 Å². The molecule has 0 saturated heterocycles. The predicted octanol–water partition coefficient (Wildman–Crippen LogP) is 3.17. The monoisotopic (exact) mass is 279 g/mol. The van der Waals surface area contributed by atoms with Crippen molar-refractivity contribution < 1.29 is 13.2 Å². The molecule has 0 amide bonds. The van der Waals surface area contributed by atoms with Crippen LogP contribution in [-0.4, -0.2) is 5.92 Å². The maximum Gasteiger partial charge on any atom is 0.252 e. The molecular formula is C10H9BrF3N. The second-order valence-electron chi connectivity index (χ2n) is 4.02. The molecule has 0 heterocycles. The van der Waals surface area contributed by atoms with E-state index in [1.54, 1.807) is 6.07 Å². The Morgan fingerprint density at radius 3 is 2.27 bits per heavy atom. The molecule has 15 heavy (non-hydrogen) atoms. The van der Waals surface area contributed by atoms with Crippen LogP contribution in [-0.2, 0) is 5.54 Å². The van der Waals surface area contributed by atoms with Crippen LogP contribution in [0.5, 0.6) is 0 Å². The number of nitrogens with two attached hydrogens (primary N) is 1. The lowest BCUT2D eigenvalue weighted by atomic mass is 9.70. The molecule has 1 aromatic carbocycles. The van der Waals surface area contributed by atoms with Crippen LogP contribution < -0.4 is 5.73 Å². The topological polar surface area (TPSA) is 26.0 Å². The Morgan fingerprint density at radius 1 is 1.20 bits per heavy atom. The first-order valence-corrected chi connectivity index (χ1v) is 5.23. The lowest BCUT2D eigenvalue weighted by Gasteiger charge is -2.44. The Morgan fingerprint density at radius 2 is 1.80 bits per heavy atom. The van der Waals surface area contributed by atoms with Gasteiger partial charge in [0, 0.05) is 17.3 Å². The molecule has 1 fully saturated rings. The van der Waals surface area contributed by atoms with Gasteiger partial charge < -0.3 is 5.73 Å². The fraction of sp³-hybridized carbons (Fsp3) is 0.400. The first-order chi connectivity index (χ1) is 6.81. The average molecular weight is 280 g/mol. The van der Waals surface area contributed by atoms with Crippen LogP contribution in [0.1, 0.15) is 18.4 Å². The van der Waals surface area contributed by atoms with Crippen LogP contribution in [0.25, 0.3) is 0 Å². The fourth-order valence-corrected chi connectivity index (χ4v) is 2.38. The van der Waals surface area contributed by atoms with Crippen molar-refractivity contribution in [1.29, 1.82) is 0 Å². The summed E-state index contributed by atoms with van der Waals surface area (Å²) >= 11 is 3.10. The number of hydrogen-bond donors (Lipinski definition) is 1. The smallest absolute Gasteiger partial charge is 0.252 e. The summed E-state index contributed by atoms with van der Waals surface area (Å²) in [7, 11) is 0. The zero-order valence-corrected chi connectivity index (χ0v) is 9.32. The van der Waals surface area contributed by atoms with Crippen LogP contribution in [0.4, 0.5) is 13.2 Å². The van der Waals surface area contributed by atoms with Gasteiger partial charge in [-0.1, -0.05) is 15.9 Å². The van der Waals surface area contributed by atoms with E-state index in [-0.39, 0.29) is 0 Å². The molecule has 5 heteroatoms. The van der Waals surface area contributed by atoms with Gasteiger partial charge in [-0.3, -0.25) is 0 Å². The van der Waals surface area contributed by atoms with Gasteiger partial charge in [0.25, 0.3) is 5.92 Å². The van der Waals surface area contributed by atoms with E-state index >= 15 is 0 Å². The molecule has 0 unspecified atom stereocenters. The van der Waals surface area contributed by atoms with Crippen molar-refractivity contribution in [3.8, 4) is 0 Å². The third-order valence-corrected chi connectivity index (χ3v) is 3.04. The summed E-state index contributed by atoms with van der Waals surface area (Å²) in [5, 5.41) is 0. The van der Waals surface area contributed by atoms with Crippen molar-refractivity contribution in [1.82, 2.24) is 0 Å². The van der Waals surface area contributed by atoms with E-state index in [4.69, 9.17) is 5.73 Å². The van der Waals surface area contributed by atoms with Gasteiger partial charge in [0.1, 0.15) is 5.82 Å². The fourth-order valence-electron chi connectivity index (χ4n) is 1.92. The molecule has 1 aliphatic rings. The quantitative estimate of drug-likeness (QED) is 0.840. The molecule has 0 bridgehead atoms. The number of rotatable bonds is 1. The maximum atomic E-state index is 13.0. The maximum absolute atomic E-state index is 13.0. The average Bonchev–Trinajstić information content (AvgIpc) is 1.98. The third kappa shape index (κ3) is 2.03. The van der Waals surface area contributed by atoms with Gasteiger partial charge >= 0.3 is 0 Å². The molecule has 0 aliphatic heterocycles. The minimum Gasteiger partial charge on any atom is -0.321 e. The van der Waals surface area contributed by atoms with Crippen LogP contribution in [0.2, 0.25) is 0 Å². The van der Waals surface area contributed by atoms with Gasteiger partial charge in [-0.05, 0) is 23.8 Å². The van der Waals surface area contributed by atoms with Crippen molar-refractivity contribution in [3.63, 3.8) is 0 Å². The molecule has 0 atom stereocenters. The van der Waals surface area contributed by atoms with E-state index < -0.39 is 30.1 Å². The predicted molar refractivity (Wildman–Crippen MR) is 54.1 cm³/mol. The van der Waals surface area contributed by atoms with E-state index in [9.17, 15) is 13.2 Å². The molecule has 0 spiro atoms.